The topological polar surface area (TPSA) is 65.2 Å². The van der Waals surface area contributed by atoms with E-state index in [9.17, 15) is 4.79 Å². The first-order valence-electron chi connectivity index (χ1n) is 8.38. The van der Waals surface area contributed by atoms with Crippen LogP contribution in [0, 0.1) is 5.92 Å². The molecule has 2 aromatic rings. The van der Waals surface area contributed by atoms with Crippen molar-refractivity contribution in [3.63, 3.8) is 0 Å². The van der Waals surface area contributed by atoms with Crippen molar-refractivity contribution >= 4 is 5.78 Å². The lowest BCUT2D eigenvalue weighted by Gasteiger charge is -2.27. The molecule has 1 atom stereocenters. The van der Waals surface area contributed by atoms with E-state index in [1.54, 1.807) is 12.4 Å². The molecular weight excluding hydrogens is 300 g/mol. The summed E-state index contributed by atoms with van der Waals surface area (Å²) in [6, 6.07) is 7.66. The van der Waals surface area contributed by atoms with Crippen LogP contribution in [-0.2, 0) is 6.42 Å². The fourth-order valence-corrected chi connectivity index (χ4v) is 3.42. The van der Waals surface area contributed by atoms with Crippen LogP contribution in [0.3, 0.4) is 0 Å². The highest BCUT2D eigenvalue weighted by Crippen LogP contribution is 2.35. The molecule has 2 N–H and O–H groups in total. The van der Waals surface area contributed by atoms with Gasteiger partial charge in [-0.25, -0.2) is 0 Å². The molecule has 0 radical (unpaired) electrons. The van der Waals surface area contributed by atoms with Gasteiger partial charge in [0.15, 0.2) is 5.78 Å². The third-order valence-electron chi connectivity index (χ3n) is 4.28. The number of ether oxygens (including phenoxy) is 1. The van der Waals surface area contributed by atoms with Crippen LogP contribution in [0.15, 0.2) is 36.7 Å². The molecule has 3 rings (SSSR count). The molecule has 0 bridgehead atoms. The molecule has 0 saturated carbocycles. The number of rotatable bonds is 5. The molecule has 126 valence electrons. The fraction of sp³-hybridized carbons (Fsp3) is 0.400. The van der Waals surface area contributed by atoms with Crippen molar-refractivity contribution in [1.82, 2.24) is 4.98 Å². The third-order valence-corrected chi connectivity index (χ3v) is 4.28. The zero-order valence-electron chi connectivity index (χ0n) is 14.5. The van der Waals surface area contributed by atoms with Crippen molar-refractivity contribution < 1.29 is 9.53 Å². The predicted molar refractivity (Wildman–Crippen MR) is 95.2 cm³/mol. The molecule has 1 heterocycles. The highest BCUT2D eigenvalue weighted by atomic mass is 16.5. The van der Waals surface area contributed by atoms with E-state index in [0.717, 1.165) is 23.1 Å². The van der Waals surface area contributed by atoms with E-state index in [1.807, 2.05) is 31.2 Å². The monoisotopic (exact) mass is 324 g/mol. The van der Waals surface area contributed by atoms with Gasteiger partial charge in [-0.1, -0.05) is 13.8 Å². The lowest BCUT2D eigenvalue weighted by Crippen LogP contribution is -2.43. The van der Waals surface area contributed by atoms with Gasteiger partial charge >= 0.3 is 0 Å². The van der Waals surface area contributed by atoms with E-state index in [4.69, 9.17) is 10.5 Å². The normalized spacial score (nSPS) is 15.6. The number of nitrogens with zero attached hydrogens (tertiary/aromatic N) is 1. The van der Waals surface area contributed by atoms with Crippen molar-refractivity contribution in [2.75, 3.05) is 6.61 Å². The summed E-state index contributed by atoms with van der Waals surface area (Å²) in [5.74, 6) is 1.31. The Balaban J connectivity index is 1.83. The number of fused-ring (bicyclic) bond motifs is 3. The summed E-state index contributed by atoms with van der Waals surface area (Å²) in [6.07, 6.45) is 4.81. The predicted octanol–water partition coefficient (Wildman–Crippen LogP) is 3.63. The molecule has 0 fully saturated rings. The Hall–Kier alpha value is -2.20. The Bertz CT molecular complexity index is 766. The van der Waals surface area contributed by atoms with Gasteiger partial charge in [-0.15, -0.1) is 0 Å². The van der Waals surface area contributed by atoms with Crippen LogP contribution < -0.4 is 10.5 Å². The average Bonchev–Trinajstić information content (AvgIpc) is 2.52. The second kappa shape index (κ2) is 6.36. The van der Waals surface area contributed by atoms with Gasteiger partial charge in [-0.05, 0) is 60.2 Å². The molecule has 0 spiro atoms. The van der Waals surface area contributed by atoms with Gasteiger partial charge in [0, 0.05) is 29.9 Å². The number of Topliss-reactive ketones (excluding diaryl/α,β-unsaturated/α-hetero) is 1. The molecule has 4 heteroatoms. The zero-order chi connectivity index (χ0) is 17.3. The van der Waals surface area contributed by atoms with Crippen molar-refractivity contribution in [3.05, 3.63) is 47.8 Å². The van der Waals surface area contributed by atoms with E-state index in [2.05, 4.69) is 18.8 Å². The Labute approximate surface area is 143 Å². The quantitative estimate of drug-likeness (QED) is 0.912. The number of carbonyl (C=O) groups excluding carboxylic acids is 1. The number of ketones is 1. The molecule has 4 nitrogen and oxygen atoms in total. The first-order chi connectivity index (χ1) is 11.4. The van der Waals surface area contributed by atoms with Gasteiger partial charge in [0.2, 0.25) is 0 Å². The van der Waals surface area contributed by atoms with Gasteiger partial charge in [-0.2, -0.15) is 0 Å². The summed E-state index contributed by atoms with van der Waals surface area (Å²) in [5, 5.41) is 0. The minimum absolute atomic E-state index is 0.105. The van der Waals surface area contributed by atoms with Gasteiger partial charge in [0.05, 0.1) is 0 Å². The smallest absolute Gasteiger partial charge is 0.168 e. The average molecular weight is 324 g/mol. The van der Waals surface area contributed by atoms with Gasteiger partial charge < -0.3 is 10.5 Å². The van der Waals surface area contributed by atoms with Crippen molar-refractivity contribution in [2.24, 2.45) is 11.7 Å². The second-order valence-corrected chi connectivity index (χ2v) is 7.38. The Morgan fingerprint density at radius 2 is 2.04 bits per heavy atom. The first kappa shape index (κ1) is 16.7. The Morgan fingerprint density at radius 1 is 1.25 bits per heavy atom. The van der Waals surface area contributed by atoms with Crippen LogP contribution >= 0.6 is 0 Å². The molecule has 1 unspecified atom stereocenters. The number of benzene rings is 1. The van der Waals surface area contributed by atoms with Crippen LogP contribution in [0.1, 0.15) is 43.1 Å². The molecule has 0 amide bonds. The van der Waals surface area contributed by atoms with Crippen molar-refractivity contribution in [2.45, 2.75) is 39.2 Å². The van der Waals surface area contributed by atoms with Crippen molar-refractivity contribution in [1.29, 1.82) is 0 Å². The SMILES string of the molecule is CC(C)CC(C)(N)COc1ccc2c(c1)C(=O)Cc1cnccc1-2. The maximum Gasteiger partial charge on any atom is 0.168 e. The number of aromatic nitrogens is 1. The lowest BCUT2D eigenvalue weighted by atomic mass is 9.86. The maximum absolute atomic E-state index is 12.4. The summed E-state index contributed by atoms with van der Waals surface area (Å²) in [4.78, 5) is 16.6. The summed E-state index contributed by atoms with van der Waals surface area (Å²) in [6.45, 7) is 6.72. The Morgan fingerprint density at radius 3 is 2.79 bits per heavy atom. The number of pyridine rings is 1. The van der Waals surface area contributed by atoms with Gasteiger partial charge in [0.1, 0.15) is 12.4 Å². The standard InChI is InChI=1S/C20H24N2O2/c1-13(2)10-20(3,21)12-24-15-4-5-17-16-6-7-22-11-14(16)8-19(23)18(17)9-15/h4-7,9,11,13H,8,10,12,21H2,1-3H3. The largest absolute Gasteiger partial charge is 0.492 e. The Kier molecular flexibility index (Phi) is 4.41. The zero-order valence-corrected chi connectivity index (χ0v) is 14.5. The fourth-order valence-electron chi connectivity index (χ4n) is 3.42. The lowest BCUT2D eigenvalue weighted by molar-refractivity contribution is 0.0991. The van der Waals surface area contributed by atoms with Gasteiger partial charge in [-0.3, -0.25) is 9.78 Å². The van der Waals surface area contributed by atoms with Crippen LogP contribution in [0.25, 0.3) is 11.1 Å². The number of carbonyl (C=O) groups is 1. The molecule has 24 heavy (non-hydrogen) atoms. The minimum atomic E-state index is -0.383. The minimum Gasteiger partial charge on any atom is -0.492 e. The summed E-state index contributed by atoms with van der Waals surface area (Å²) < 4.78 is 5.88. The molecule has 1 aromatic heterocycles. The first-order valence-corrected chi connectivity index (χ1v) is 8.38. The van der Waals surface area contributed by atoms with E-state index < -0.39 is 0 Å². The second-order valence-electron chi connectivity index (χ2n) is 7.38. The summed E-state index contributed by atoms with van der Waals surface area (Å²) >= 11 is 0. The maximum atomic E-state index is 12.4. The molecule has 0 saturated heterocycles. The highest BCUT2D eigenvalue weighted by Gasteiger charge is 2.24. The third kappa shape index (κ3) is 3.49. The van der Waals surface area contributed by atoms with E-state index in [1.165, 1.54) is 0 Å². The molecule has 0 aliphatic heterocycles. The molecule has 1 aromatic carbocycles. The van der Waals surface area contributed by atoms with E-state index in [-0.39, 0.29) is 11.3 Å². The van der Waals surface area contributed by atoms with Crippen LogP contribution in [-0.4, -0.2) is 22.9 Å². The van der Waals surface area contributed by atoms with Gasteiger partial charge in [0.25, 0.3) is 0 Å². The van der Waals surface area contributed by atoms with Crippen molar-refractivity contribution in [3.8, 4) is 16.9 Å². The van der Waals surface area contributed by atoms with Crippen LogP contribution in [0.2, 0.25) is 0 Å². The molecular formula is C20H24N2O2. The summed E-state index contributed by atoms with van der Waals surface area (Å²) in [5.41, 5.74) is 9.64. The number of hydrogen-bond acceptors (Lipinski definition) is 4. The summed E-state index contributed by atoms with van der Waals surface area (Å²) in [7, 11) is 0. The molecule has 1 aliphatic rings. The van der Waals surface area contributed by atoms with E-state index in [0.29, 0.717) is 30.3 Å². The highest BCUT2D eigenvalue weighted by molar-refractivity contribution is 6.07. The van der Waals surface area contributed by atoms with Crippen LogP contribution in [0.5, 0.6) is 5.75 Å². The number of nitrogens with two attached hydrogens (primary N) is 1. The van der Waals surface area contributed by atoms with E-state index >= 15 is 0 Å². The number of hydrogen-bond donors (Lipinski definition) is 1. The van der Waals surface area contributed by atoms with Crippen LogP contribution in [0.4, 0.5) is 0 Å². The molecule has 1 aliphatic carbocycles.